The predicted octanol–water partition coefficient (Wildman–Crippen LogP) is 3.46. The third kappa shape index (κ3) is 6.08. The number of methoxy groups -OCH3 is 1. The highest BCUT2D eigenvalue weighted by Crippen LogP contribution is 2.28. The lowest BCUT2D eigenvalue weighted by Crippen LogP contribution is -2.09. The van der Waals surface area contributed by atoms with Gasteiger partial charge < -0.3 is 10.1 Å². The van der Waals surface area contributed by atoms with Crippen molar-refractivity contribution in [3.63, 3.8) is 0 Å². The van der Waals surface area contributed by atoms with Crippen molar-refractivity contribution >= 4 is 27.0 Å². The number of nitrogens with zero attached hydrogens (tertiary/aromatic N) is 1. The molecule has 0 unspecified atom stereocenters. The molecular formula is C21H21N3O3S. The Kier molecular flexibility index (Phi) is 7.08. The third-order valence-corrected chi connectivity index (χ3v) is 4.23. The molecule has 0 bridgehead atoms. The summed E-state index contributed by atoms with van der Waals surface area (Å²) >= 11 is 0. The van der Waals surface area contributed by atoms with Crippen LogP contribution < -0.4 is 14.8 Å². The molecule has 2 N–H and O–H groups in total. The van der Waals surface area contributed by atoms with Gasteiger partial charge in [0.15, 0.2) is 0 Å². The Morgan fingerprint density at radius 2 is 1.93 bits per heavy atom. The number of hydrogen-bond donors (Lipinski definition) is 2. The van der Waals surface area contributed by atoms with Gasteiger partial charge in [0, 0.05) is 41.2 Å². The van der Waals surface area contributed by atoms with E-state index in [0.717, 1.165) is 17.5 Å². The lowest BCUT2D eigenvalue weighted by molar-refractivity contribution is 0.415. The first-order valence-corrected chi connectivity index (χ1v) is 10.4. The summed E-state index contributed by atoms with van der Waals surface area (Å²) in [5.41, 5.74) is 3.14. The number of anilines is 2. The molecule has 2 rings (SSSR count). The van der Waals surface area contributed by atoms with Gasteiger partial charge in [0.2, 0.25) is 10.0 Å². The molecule has 0 aliphatic heterocycles. The van der Waals surface area contributed by atoms with Crippen molar-refractivity contribution in [2.24, 2.45) is 0 Å². The van der Waals surface area contributed by atoms with Crippen LogP contribution in [0.3, 0.4) is 0 Å². The Morgan fingerprint density at radius 1 is 1.21 bits per heavy atom. The summed E-state index contributed by atoms with van der Waals surface area (Å²) in [7, 11) is -1.72. The van der Waals surface area contributed by atoms with Crippen LogP contribution in [0.25, 0.3) is 5.57 Å². The van der Waals surface area contributed by atoms with Crippen molar-refractivity contribution in [1.82, 2.24) is 0 Å². The maximum absolute atomic E-state index is 11.2. The smallest absolute Gasteiger partial charge is 0.229 e. The lowest BCUT2D eigenvalue weighted by atomic mass is 10.0. The zero-order chi connectivity index (χ0) is 20.6. The second kappa shape index (κ2) is 9.50. The monoisotopic (exact) mass is 395 g/mol. The fraction of sp³-hybridized carbons (Fsp3) is 0.190. The van der Waals surface area contributed by atoms with E-state index in [1.54, 1.807) is 43.5 Å². The van der Waals surface area contributed by atoms with Gasteiger partial charge in [0.05, 0.1) is 18.9 Å². The molecule has 0 saturated carbocycles. The van der Waals surface area contributed by atoms with Crippen LogP contribution in [0.1, 0.15) is 18.1 Å². The highest BCUT2D eigenvalue weighted by atomic mass is 32.2. The molecule has 2 aromatic carbocycles. The number of benzene rings is 2. The summed E-state index contributed by atoms with van der Waals surface area (Å²) in [4.78, 5) is 0. The Labute approximate surface area is 165 Å². The number of sulfonamides is 1. The highest BCUT2D eigenvalue weighted by molar-refractivity contribution is 7.92. The summed E-state index contributed by atoms with van der Waals surface area (Å²) in [6, 6.07) is 14.3. The van der Waals surface area contributed by atoms with E-state index in [1.807, 2.05) is 19.1 Å². The number of nitriles is 1. The summed E-state index contributed by atoms with van der Waals surface area (Å²) in [6.45, 7) is 2.68. The minimum atomic E-state index is -3.31. The molecule has 0 saturated heterocycles. The van der Waals surface area contributed by atoms with E-state index in [9.17, 15) is 13.7 Å². The van der Waals surface area contributed by atoms with E-state index < -0.39 is 10.0 Å². The van der Waals surface area contributed by atoms with Crippen molar-refractivity contribution in [2.45, 2.75) is 6.92 Å². The van der Waals surface area contributed by atoms with E-state index in [-0.39, 0.29) is 0 Å². The van der Waals surface area contributed by atoms with E-state index in [0.29, 0.717) is 29.1 Å². The van der Waals surface area contributed by atoms with Crippen LogP contribution in [0.4, 0.5) is 11.4 Å². The Hall–Kier alpha value is -3.42. The Balaban J connectivity index is 2.27. The molecule has 0 heterocycles. The molecule has 6 nitrogen and oxygen atoms in total. The summed E-state index contributed by atoms with van der Waals surface area (Å²) < 4.78 is 30.1. The topological polar surface area (TPSA) is 91.2 Å². The molecule has 144 valence electrons. The number of ether oxygens (including phenoxy) is 1. The average molecular weight is 395 g/mol. The van der Waals surface area contributed by atoms with Crippen molar-refractivity contribution in [3.05, 3.63) is 59.7 Å². The lowest BCUT2D eigenvalue weighted by Gasteiger charge is -2.11. The van der Waals surface area contributed by atoms with E-state index in [2.05, 4.69) is 27.9 Å². The molecule has 2 aromatic rings. The highest BCUT2D eigenvalue weighted by Gasteiger charge is 2.08. The second-order valence-electron chi connectivity index (χ2n) is 5.83. The van der Waals surface area contributed by atoms with Crippen LogP contribution in [0.2, 0.25) is 0 Å². The van der Waals surface area contributed by atoms with Crippen molar-refractivity contribution in [1.29, 1.82) is 5.26 Å². The van der Waals surface area contributed by atoms with E-state index in [4.69, 9.17) is 4.74 Å². The molecule has 0 fully saturated rings. The van der Waals surface area contributed by atoms with Gasteiger partial charge in [-0.3, -0.25) is 4.72 Å². The van der Waals surface area contributed by atoms with Crippen molar-refractivity contribution < 1.29 is 13.2 Å². The normalized spacial score (nSPS) is 11.0. The minimum Gasteiger partial charge on any atom is -0.497 e. The standard InChI is InChI=1S/C21H21N3O3S/c1-4-23-21-14-19(27-2)12-13-20(21)17(15-22)7-5-6-16-8-10-18(11-9-16)24-28(3,25)26/h7-14,23-24H,4H2,1-3H3/b17-7+. The maximum atomic E-state index is 11.2. The molecule has 0 amide bonds. The van der Waals surface area contributed by atoms with Crippen LogP contribution in [0.15, 0.2) is 48.5 Å². The SMILES string of the molecule is CCNc1cc(OC)ccc1/C(C#N)=C/C#Cc1ccc(NS(C)(=O)=O)cc1. The van der Waals surface area contributed by atoms with Crippen molar-refractivity contribution in [3.8, 4) is 23.7 Å². The minimum absolute atomic E-state index is 0.432. The first-order chi connectivity index (χ1) is 13.4. The fourth-order valence-electron chi connectivity index (χ4n) is 2.42. The van der Waals surface area contributed by atoms with Gasteiger partial charge >= 0.3 is 0 Å². The van der Waals surface area contributed by atoms with Gasteiger partial charge in [-0.1, -0.05) is 11.8 Å². The number of nitrogens with one attached hydrogen (secondary N) is 2. The fourth-order valence-corrected chi connectivity index (χ4v) is 2.98. The Bertz CT molecular complexity index is 1070. The van der Waals surface area contributed by atoms with Gasteiger partial charge in [0.1, 0.15) is 11.8 Å². The molecule has 28 heavy (non-hydrogen) atoms. The number of hydrogen-bond acceptors (Lipinski definition) is 5. The summed E-state index contributed by atoms with van der Waals surface area (Å²) in [5, 5.41) is 12.8. The quantitative estimate of drug-likeness (QED) is 0.577. The first kappa shape index (κ1) is 20.9. The van der Waals surface area contributed by atoms with Gasteiger partial charge in [-0.05, 0) is 43.3 Å². The molecule has 0 aromatic heterocycles. The summed E-state index contributed by atoms with van der Waals surface area (Å²) in [5.74, 6) is 6.53. The van der Waals surface area contributed by atoms with Crippen LogP contribution in [-0.4, -0.2) is 28.3 Å². The van der Waals surface area contributed by atoms with Gasteiger partial charge in [0.25, 0.3) is 0 Å². The Morgan fingerprint density at radius 3 is 2.50 bits per heavy atom. The van der Waals surface area contributed by atoms with Crippen LogP contribution in [0, 0.1) is 23.2 Å². The van der Waals surface area contributed by atoms with E-state index >= 15 is 0 Å². The molecule has 0 radical (unpaired) electrons. The molecule has 0 atom stereocenters. The molecule has 0 aliphatic rings. The molecule has 0 spiro atoms. The van der Waals surface area contributed by atoms with Gasteiger partial charge in [-0.25, -0.2) is 8.42 Å². The van der Waals surface area contributed by atoms with Crippen LogP contribution in [-0.2, 0) is 10.0 Å². The zero-order valence-electron chi connectivity index (χ0n) is 15.9. The predicted molar refractivity (Wildman–Crippen MR) is 113 cm³/mol. The second-order valence-corrected chi connectivity index (χ2v) is 7.58. The van der Waals surface area contributed by atoms with Gasteiger partial charge in [-0.15, -0.1) is 0 Å². The molecular weight excluding hydrogens is 374 g/mol. The van der Waals surface area contributed by atoms with Crippen LogP contribution >= 0.6 is 0 Å². The number of allylic oxidation sites excluding steroid dienone is 2. The number of rotatable bonds is 6. The molecule has 7 heteroatoms. The average Bonchev–Trinajstić information content (AvgIpc) is 2.66. The largest absolute Gasteiger partial charge is 0.497 e. The van der Waals surface area contributed by atoms with Gasteiger partial charge in [-0.2, -0.15) is 5.26 Å². The van der Waals surface area contributed by atoms with Crippen molar-refractivity contribution in [2.75, 3.05) is 29.9 Å². The first-order valence-electron chi connectivity index (χ1n) is 8.48. The third-order valence-electron chi connectivity index (χ3n) is 3.63. The van der Waals surface area contributed by atoms with E-state index in [1.165, 1.54) is 0 Å². The molecule has 0 aliphatic carbocycles. The maximum Gasteiger partial charge on any atom is 0.229 e. The van der Waals surface area contributed by atoms with Crippen LogP contribution in [0.5, 0.6) is 5.75 Å². The zero-order valence-corrected chi connectivity index (χ0v) is 16.7. The summed E-state index contributed by atoms with van der Waals surface area (Å²) in [6.07, 6.45) is 2.65.